The molecule has 0 spiro atoms. The Balaban J connectivity index is 0.000000448. The van der Waals surface area contributed by atoms with Gasteiger partial charge in [-0.05, 0) is 43.2 Å². The first-order chi connectivity index (χ1) is 14.6. The van der Waals surface area contributed by atoms with Crippen molar-refractivity contribution in [2.24, 2.45) is 16.8 Å². The Labute approximate surface area is 183 Å². The first-order valence-electron chi connectivity index (χ1n) is 12.4. The zero-order valence-corrected chi connectivity index (χ0v) is 19.6. The lowest BCUT2D eigenvalue weighted by atomic mass is 9.75. The minimum Gasteiger partial charge on any atom is -0.360 e. The molecule has 1 aromatic rings. The summed E-state index contributed by atoms with van der Waals surface area (Å²) in [4.78, 5) is 7.54. The second-order valence-electron chi connectivity index (χ2n) is 9.42. The van der Waals surface area contributed by atoms with E-state index in [0.717, 1.165) is 68.8 Å². The molecule has 2 nitrogen and oxygen atoms in total. The molecular formula is C27H41FN2. The van der Waals surface area contributed by atoms with Crippen LogP contribution in [0.15, 0.2) is 41.0 Å². The van der Waals surface area contributed by atoms with E-state index in [-0.39, 0.29) is 11.2 Å². The van der Waals surface area contributed by atoms with E-state index in [1.165, 1.54) is 25.1 Å². The highest BCUT2D eigenvalue weighted by Crippen LogP contribution is 2.49. The van der Waals surface area contributed by atoms with Gasteiger partial charge in [-0.15, -0.1) is 0 Å². The van der Waals surface area contributed by atoms with E-state index in [2.05, 4.69) is 38.7 Å². The molecule has 3 heteroatoms. The van der Waals surface area contributed by atoms with Crippen molar-refractivity contribution in [1.82, 2.24) is 4.90 Å². The Morgan fingerprint density at radius 1 is 1.03 bits per heavy atom. The zero-order chi connectivity index (χ0) is 21.6. The number of nitrogens with zero attached hydrogens (tertiary/aromatic N) is 2. The van der Waals surface area contributed by atoms with Crippen molar-refractivity contribution in [3.8, 4) is 0 Å². The molecule has 2 aliphatic carbocycles. The molecule has 1 unspecified atom stereocenters. The number of amidine groups is 1. The van der Waals surface area contributed by atoms with E-state index in [4.69, 9.17) is 4.99 Å². The highest BCUT2D eigenvalue weighted by Gasteiger charge is 2.43. The van der Waals surface area contributed by atoms with E-state index in [1.807, 2.05) is 12.1 Å². The van der Waals surface area contributed by atoms with Crippen molar-refractivity contribution in [3.05, 3.63) is 47.4 Å². The summed E-state index contributed by atoms with van der Waals surface area (Å²) in [5.74, 6) is 2.55. The third kappa shape index (κ3) is 5.15. The second-order valence-corrected chi connectivity index (χ2v) is 9.42. The smallest absolute Gasteiger partial charge is 0.127 e. The minimum atomic E-state index is -0.231. The molecule has 0 aromatic heterocycles. The molecule has 30 heavy (non-hydrogen) atoms. The van der Waals surface area contributed by atoms with Gasteiger partial charge in [-0.3, -0.25) is 0 Å². The van der Waals surface area contributed by atoms with Crippen LogP contribution in [0.2, 0.25) is 0 Å². The Bertz CT molecular complexity index is 735. The number of halogens is 1. The predicted molar refractivity (Wildman–Crippen MR) is 126 cm³/mol. The van der Waals surface area contributed by atoms with Crippen molar-refractivity contribution in [1.29, 1.82) is 0 Å². The molecule has 0 radical (unpaired) electrons. The Hall–Kier alpha value is -1.64. The molecule has 1 aromatic carbocycles. The maximum absolute atomic E-state index is 14.6. The van der Waals surface area contributed by atoms with Crippen LogP contribution in [-0.4, -0.2) is 23.8 Å². The summed E-state index contributed by atoms with van der Waals surface area (Å²) < 4.78 is 14.6. The Kier molecular flexibility index (Phi) is 8.13. The van der Waals surface area contributed by atoms with Crippen LogP contribution in [0.25, 0.3) is 0 Å². The van der Waals surface area contributed by atoms with Gasteiger partial charge in [0.25, 0.3) is 0 Å². The quantitative estimate of drug-likeness (QED) is 0.453. The van der Waals surface area contributed by atoms with Crippen LogP contribution in [0, 0.1) is 17.7 Å². The number of hydrogen-bond acceptors (Lipinski definition) is 2. The van der Waals surface area contributed by atoms with E-state index in [1.54, 1.807) is 12.1 Å². The molecule has 3 aliphatic rings. The van der Waals surface area contributed by atoms with Gasteiger partial charge in [0, 0.05) is 30.1 Å². The van der Waals surface area contributed by atoms with Gasteiger partial charge >= 0.3 is 0 Å². The van der Waals surface area contributed by atoms with Crippen molar-refractivity contribution in [2.45, 2.75) is 90.9 Å². The van der Waals surface area contributed by atoms with E-state index in [0.29, 0.717) is 5.92 Å². The molecule has 0 N–H and O–H groups in total. The fourth-order valence-corrected chi connectivity index (χ4v) is 5.10. The van der Waals surface area contributed by atoms with Crippen LogP contribution in [0.5, 0.6) is 0 Å². The molecule has 1 heterocycles. The highest BCUT2D eigenvalue weighted by molar-refractivity contribution is 5.89. The van der Waals surface area contributed by atoms with Crippen LogP contribution in [0.1, 0.15) is 91.0 Å². The third-order valence-corrected chi connectivity index (χ3v) is 6.97. The molecule has 1 atom stereocenters. The van der Waals surface area contributed by atoms with Crippen LogP contribution in [0.3, 0.4) is 0 Å². The van der Waals surface area contributed by atoms with Gasteiger partial charge in [-0.2, -0.15) is 0 Å². The van der Waals surface area contributed by atoms with Crippen molar-refractivity contribution < 1.29 is 4.39 Å². The third-order valence-electron chi connectivity index (χ3n) is 6.97. The Morgan fingerprint density at radius 2 is 1.67 bits per heavy atom. The Morgan fingerprint density at radius 3 is 2.17 bits per heavy atom. The SMILES string of the molecule is CCC1CC1.CCCN(CCC)C1=NC(C2(c3ccccc3F)CCCC2)=CC1C. The average Bonchev–Trinajstić information content (AvgIpc) is 3.32. The lowest BCUT2D eigenvalue weighted by Gasteiger charge is -2.30. The van der Waals surface area contributed by atoms with Gasteiger partial charge in [0.2, 0.25) is 0 Å². The standard InChI is InChI=1S/C22H31FN2.C5H10/c1-4-14-25(15-5-2)21-17(3)16-20(24-21)22(12-8-9-13-22)18-10-6-7-11-19(18)23;1-2-5-3-4-5/h6-7,10-11,16-17H,4-5,8-9,12-15H2,1-3H3;5H,2-4H2,1H3. The largest absolute Gasteiger partial charge is 0.360 e. The summed E-state index contributed by atoms with van der Waals surface area (Å²) in [6.45, 7) is 11.0. The zero-order valence-electron chi connectivity index (χ0n) is 19.6. The van der Waals surface area contributed by atoms with Crippen LogP contribution in [0.4, 0.5) is 4.39 Å². The van der Waals surface area contributed by atoms with E-state index < -0.39 is 0 Å². The maximum Gasteiger partial charge on any atom is 0.127 e. The van der Waals surface area contributed by atoms with Gasteiger partial charge in [-0.25, -0.2) is 9.38 Å². The van der Waals surface area contributed by atoms with Crippen LogP contribution in [-0.2, 0) is 5.41 Å². The fourth-order valence-electron chi connectivity index (χ4n) is 5.10. The molecule has 2 fully saturated rings. The van der Waals surface area contributed by atoms with Crippen molar-refractivity contribution in [2.75, 3.05) is 13.1 Å². The van der Waals surface area contributed by atoms with Crippen molar-refractivity contribution in [3.63, 3.8) is 0 Å². The number of hydrogen-bond donors (Lipinski definition) is 0. The molecule has 0 amide bonds. The number of rotatable bonds is 7. The van der Waals surface area contributed by atoms with Crippen LogP contribution < -0.4 is 0 Å². The maximum atomic E-state index is 14.6. The number of aliphatic imine (C=N–C) groups is 1. The topological polar surface area (TPSA) is 15.6 Å². The molecule has 2 saturated carbocycles. The number of benzene rings is 1. The van der Waals surface area contributed by atoms with Gasteiger partial charge in [0.1, 0.15) is 11.7 Å². The summed E-state index contributed by atoms with van der Waals surface area (Å²) in [5.41, 5.74) is 1.72. The molecule has 1 aliphatic heterocycles. The summed E-state index contributed by atoms with van der Waals surface area (Å²) in [6.07, 6.45) is 13.3. The van der Waals surface area contributed by atoms with Crippen LogP contribution >= 0.6 is 0 Å². The molecule has 0 saturated heterocycles. The minimum absolute atomic E-state index is 0.0828. The summed E-state index contributed by atoms with van der Waals surface area (Å²) in [5, 5.41) is 0. The van der Waals surface area contributed by atoms with Gasteiger partial charge in [0.05, 0.1) is 0 Å². The summed E-state index contributed by atoms with van der Waals surface area (Å²) in [7, 11) is 0. The normalized spacial score (nSPS) is 22.2. The molecule has 4 rings (SSSR count). The lowest BCUT2D eigenvalue weighted by Crippen LogP contribution is -2.35. The number of allylic oxidation sites excluding steroid dienone is 1. The van der Waals surface area contributed by atoms with Gasteiger partial charge < -0.3 is 4.90 Å². The highest BCUT2D eigenvalue weighted by atomic mass is 19.1. The molecule has 0 bridgehead atoms. The molecular weight excluding hydrogens is 371 g/mol. The fraction of sp³-hybridized carbons (Fsp3) is 0.667. The molecule has 166 valence electrons. The average molecular weight is 413 g/mol. The predicted octanol–water partition coefficient (Wildman–Crippen LogP) is 7.50. The van der Waals surface area contributed by atoms with E-state index >= 15 is 0 Å². The first kappa shape index (κ1) is 23.0. The van der Waals surface area contributed by atoms with Crippen molar-refractivity contribution >= 4 is 5.84 Å². The summed E-state index contributed by atoms with van der Waals surface area (Å²) in [6, 6.07) is 7.31. The monoisotopic (exact) mass is 412 g/mol. The van der Waals surface area contributed by atoms with Gasteiger partial charge in [-0.1, -0.05) is 84.1 Å². The summed E-state index contributed by atoms with van der Waals surface area (Å²) >= 11 is 0. The first-order valence-corrected chi connectivity index (χ1v) is 12.4. The van der Waals surface area contributed by atoms with Gasteiger partial charge in [0.15, 0.2) is 0 Å². The second kappa shape index (κ2) is 10.6. The van der Waals surface area contributed by atoms with E-state index in [9.17, 15) is 4.39 Å². The lowest BCUT2D eigenvalue weighted by molar-refractivity contribution is 0.403.